The number of benzene rings is 2. The van der Waals surface area contributed by atoms with E-state index in [2.05, 4.69) is 44.8 Å². The Hall–Kier alpha value is -2.77. The van der Waals surface area contributed by atoms with Gasteiger partial charge in [-0.05, 0) is 48.6 Å². The summed E-state index contributed by atoms with van der Waals surface area (Å²) in [6.45, 7) is 8.96. The van der Waals surface area contributed by atoms with Crippen molar-refractivity contribution >= 4 is 38.7 Å². The summed E-state index contributed by atoms with van der Waals surface area (Å²) in [5, 5.41) is 16.4. The van der Waals surface area contributed by atoms with E-state index in [1.165, 1.54) is 28.8 Å². The molecule has 1 aliphatic rings. The number of hydrogen-bond donors (Lipinski definition) is 2. The number of fused-ring (bicyclic) bond motifs is 1. The molecule has 2 heterocycles. The van der Waals surface area contributed by atoms with Crippen molar-refractivity contribution in [2.75, 3.05) is 49.5 Å². The summed E-state index contributed by atoms with van der Waals surface area (Å²) in [4.78, 5) is 16.2. The fourth-order valence-electron chi connectivity index (χ4n) is 4.15. The third-order valence-corrected chi connectivity index (χ3v) is 6.51. The fraction of sp³-hybridized carbons (Fsp3) is 0.375. The van der Waals surface area contributed by atoms with Crippen LogP contribution in [0, 0.1) is 6.92 Å². The summed E-state index contributed by atoms with van der Waals surface area (Å²) in [5.41, 5.74) is 2.72. The zero-order valence-corrected chi connectivity index (χ0v) is 18.9. The van der Waals surface area contributed by atoms with Gasteiger partial charge in [0.1, 0.15) is 0 Å². The lowest BCUT2D eigenvalue weighted by Crippen LogP contribution is -2.46. The Bertz CT molecular complexity index is 1030. The van der Waals surface area contributed by atoms with Gasteiger partial charge in [0, 0.05) is 67.2 Å². The molecule has 0 atom stereocenters. The van der Waals surface area contributed by atoms with Crippen LogP contribution in [0.2, 0.25) is 0 Å². The number of amides is 1. The maximum Gasteiger partial charge on any atom is 0.221 e. The fourth-order valence-corrected chi connectivity index (χ4v) is 4.95. The molecule has 1 amide bonds. The summed E-state index contributed by atoms with van der Waals surface area (Å²) in [7, 11) is 0. The number of carbonyl (C=O) groups excluding carboxylic acids is 1. The third kappa shape index (κ3) is 5.11. The van der Waals surface area contributed by atoms with Crippen LogP contribution < -0.4 is 15.0 Å². The van der Waals surface area contributed by atoms with Gasteiger partial charge >= 0.3 is 0 Å². The first-order valence-electron chi connectivity index (χ1n) is 10.7. The van der Waals surface area contributed by atoms with Crippen molar-refractivity contribution in [1.82, 2.24) is 4.90 Å². The molecular formula is C24H29N3O3S. The van der Waals surface area contributed by atoms with Crippen LogP contribution in [0.1, 0.15) is 18.9 Å². The first kappa shape index (κ1) is 21.5. The molecule has 7 heteroatoms. The molecule has 2 N–H and O–H groups in total. The monoisotopic (exact) mass is 439 g/mol. The Morgan fingerprint density at radius 1 is 1.19 bits per heavy atom. The third-order valence-electron chi connectivity index (χ3n) is 5.63. The lowest BCUT2D eigenvalue weighted by Gasteiger charge is -2.36. The summed E-state index contributed by atoms with van der Waals surface area (Å²) in [6.07, 6.45) is 0.895. The number of aryl methyl sites for hydroxylation is 1. The molecule has 164 valence electrons. The Kier molecular flexibility index (Phi) is 6.63. The number of ether oxygens (including phenoxy) is 1. The van der Waals surface area contributed by atoms with Gasteiger partial charge in [0.05, 0.1) is 6.61 Å². The number of nitrogens with zero attached hydrogens (tertiary/aromatic N) is 2. The summed E-state index contributed by atoms with van der Waals surface area (Å²) >= 11 is 1.80. The summed E-state index contributed by atoms with van der Waals surface area (Å²) < 4.78 is 7.20. The largest absolute Gasteiger partial charge is 0.504 e. The van der Waals surface area contributed by atoms with Crippen LogP contribution in [0.25, 0.3) is 10.1 Å². The van der Waals surface area contributed by atoms with E-state index < -0.39 is 0 Å². The predicted octanol–water partition coefficient (Wildman–Crippen LogP) is 4.46. The van der Waals surface area contributed by atoms with Gasteiger partial charge in [-0.15, -0.1) is 11.3 Å². The van der Waals surface area contributed by atoms with Gasteiger partial charge in [-0.1, -0.05) is 6.07 Å². The molecule has 1 fully saturated rings. The number of hydrogen-bond acceptors (Lipinski definition) is 6. The first-order chi connectivity index (χ1) is 15.0. The van der Waals surface area contributed by atoms with Crippen LogP contribution in [0.3, 0.4) is 0 Å². The second kappa shape index (κ2) is 9.58. The maximum atomic E-state index is 11.2. The van der Waals surface area contributed by atoms with Crippen molar-refractivity contribution in [1.29, 1.82) is 0 Å². The molecule has 1 saturated heterocycles. The highest BCUT2D eigenvalue weighted by molar-refractivity contribution is 7.17. The van der Waals surface area contributed by atoms with Gasteiger partial charge in [0.25, 0.3) is 0 Å². The van der Waals surface area contributed by atoms with Crippen LogP contribution >= 0.6 is 11.3 Å². The minimum Gasteiger partial charge on any atom is -0.504 e. The van der Waals surface area contributed by atoms with Gasteiger partial charge in [0.15, 0.2) is 11.5 Å². The quantitative estimate of drug-likeness (QED) is 0.532. The van der Waals surface area contributed by atoms with Crippen molar-refractivity contribution in [3.8, 4) is 11.5 Å². The Balaban J connectivity index is 1.24. The summed E-state index contributed by atoms with van der Waals surface area (Å²) in [6, 6.07) is 12.1. The average Bonchev–Trinajstić information content (AvgIpc) is 3.22. The van der Waals surface area contributed by atoms with Gasteiger partial charge in [-0.2, -0.15) is 0 Å². The first-order valence-corrected chi connectivity index (χ1v) is 11.6. The van der Waals surface area contributed by atoms with Crippen molar-refractivity contribution in [3.05, 3.63) is 47.3 Å². The van der Waals surface area contributed by atoms with Crippen molar-refractivity contribution < 1.29 is 14.6 Å². The molecule has 0 unspecified atom stereocenters. The molecule has 1 aliphatic heterocycles. The Labute approximate surface area is 187 Å². The SMILES string of the molecule is CC(=O)Nc1cc(C)c(OCCCN2CCN(c3cccc4sccc34)CC2)c(O)c1. The molecule has 3 aromatic rings. The number of piperazine rings is 1. The molecular weight excluding hydrogens is 410 g/mol. The van der Waals surface area contributed by atoms with Crippen LogP contribution in [-0.4, -0.2) is 55.2 Å². The molecule has 0 aliphatic carbocycles. The molecule has 1 aromatic heterocycles. The van der Waals surface area contributed by atoms with Crippen molar-refractivity contribution in [2.45, 2.75) is 20.3 Å². The average molecular weight is 440 g/mol. The predicted molar refractivity (Wildman–Crippen MR) is 128 cm³/mol. The Morgan fingerprint density at radius 3 is 2.74 bits per heavy atom. The highest BCUT2D eigenvalue weighted by Gasteiger charge is 2.19. The second-order valence-corrected chi connectivity index (χ2v) is 8.91. The number of phenolic OH excluding ortho intramolecular Hbond substituents is 1. The van der Waals surface area contributed by atoms with Crippen LogP contribution in [0.15, 0.2) is 41.8 Å². The lowest BCUT2D eigenvalue weighted by molar-refractivity contribution is -0.114. The number of nitrogens with one attached hydrogen (secondary N) is 1. The Morgan fingerprint density at radius 2 is 2.00 bits per heavy atom. The van der Waals surface area contributed by atoms with Crippen LogP contribution in [0.5, 0.6) is 11.5 Å². The highest BCUT2D eigenvalue weighted by atomic mass is 32.1. The van der Waals surface area contributed by atoms with E-state index in [-0.39, 0.29) is 11.7 Å². The van der Waals surface area contributed by atoms with E-state index in [9.17, 15) is 9.90 Å². The zero-order valence-electron chi connectivity index (χ0n) is 18.1. The number of anilines is 2. The minimum atomic E-state index is -0.167. The van der Waals surface area contributed by atoms with E-state index in [4.69, 9.17) is 4.74 Å². The van der Waals surface area contributed by atoms with Gasteiger partial charge < -0.3 is 20.1 Å². The van der Waals surface area contributed by atoms with Crippen LogP contribution in [-0.2, 0) is 4.79 Å². The second-order valence-electron chi connectivity index (χ2n) is 7.96. The van der Waals surface area contributed by atoms with Crippen LogP contribution in [0.4, 0.5) is 11.4 Å². The molecule has 0 radical (unpaired) electrons. The summed E-state index contributed by atoms with van der Waals surface area (Å²) in [5.74, 6) is 0.377. The number of thiophene rings is 1. The standard InChI is InChI=1S/C24H29N3O3S/c1-17-15-19(25-18(2)28)16-22(29)24(17)30-13-4-8-26-9-11-27(12-10-26)21-5-3-6-23-20(21)7-14-31-23/h3,5-7,14-16,29H,4,8-13H2,1-2H3,(H,25,28). The highest BCUT2D eigenvalue weighted by Crippen LogP contribution is 2.34. The topological polar surface area (TPSA) is 65.0 Å². The normalized spacial score (nSPS) is 14.7. The smallest absolute Gasteiger partial charge is 0.221 e. The molecule has 31 heavy (non-hydrogen) atoms. The molecule has 0 spiro atoms. The number of phenols is 1. The molecule has 2 aromatic carbocycles. The molecule has 0 saturated carbocycles. The van der Waals surface area contributed by atoms with Crippen molar-refractivity contribution in [2.24, 2.45) is 0 Å². The number of rotatable bonds is 7. The minimum absolute atomic E-state index is 0.0555. The van der Waals surface area contributed by atoms with Gasteiger partial charge in [-0.3, -0.25) is 9.69 Å². The van der Waals surface area contributed by atoms with Gasteiger partial charge in [0.2, 0.25) is 5.91 Å². The van der Waals surface area contributed by atoms with E-state index in [0.717, 1.165) is 44.7 Å². The maximum absolute atomic E-state index is 11.2. The van der Waals surface area contributed by atoms with E-state index >= 15 is 0 Å². The molecule has 0 bridgehead atoms. The number of carbonyl (C=O) groups is 1. The van der Waals surface area contributed by atoms with Gasteiger partial charge in [-0.25, -0.2) is 0 Å². The van der Waals surface area contributed by atoms with E-state index in [0.29, 0.717) is 18.0 Å². The van der Waals surface area contributed by atoms with Crippen molar-refractivity contribution in [3.63, 3.8) is 0 Å². The van der Waals surface area contributed by atoms with E-state index in [1.54, 1.807) is 11.3 Å². The number of aromatic hydroxyl groups is 1. The molecule has 6 nitrogen and oxygen atoms in total. The zero-order chi connectivity index (χ0) is 21.8. The lowest BCUT2D eigenvalue weighted by atomic mass is 10.1. The van der Waals surface area contributed by atoms with E-state index in [1.807, 2.05) is 13.0 Å². The molecule has 4 rings (SSSR count).